The van der Waals surface area contributed by atoms with Gasteiger partial charge >= 0.3 is 5.69 Å². The minimum Gasteiger partial charge on any atom is -0.506 e. The van der Waals surface area contributed by atoms with Crippen molar-refractivity contribution in [3.63, 3.8) is 0 Å². The molecular formula is C10H11N3O6. The van der Waals surface area contributed by atoms with E-state index in [9.17, 15) is 15.0 Å². The lowest BCUT2D eigenvalue weighted by molar-refractivity contribution is -0.0253. The third-order valence-electron chi connectivity index (χ3n) is 3.42. The zero-order valence-electron chi connectivity index (χ0n) is 9.57. The predicted molar refractivity (Wildman–Crippen MR) is 59.3 cm³/mol. The van der Waals surface area contributed by atoms with E-state index in [0.29, 0.717) is 0 Å². The van der Waals surface area contributed by atoms with Crippen LogP contribution in [0.1, 0.15) is 6.42 Å². The second-order valence-electron chi connectivity index (χ2n) is 4.43. The molecule has 3 rings (SSSR count). The third kappa shape index (κ3) is 1.28. The summed E-state index contributed by atoms with van der Waals surface area (Å²) in [4.78, 5) is 15.3. The van der Waals surface area contributed by atoms with E-state index in [4.69, 9.17) is 15.1 Å². The standard InChI is InChI=1S/C10H11N3O6/c14-3-5-7(15)9(17)4-10(9,19-5)13-2-1-6(12-18)11-8(13)16/h1-2,14-15,17-18H,3-4H2,(H,11,12,16)/t9?,10-/m1/s1. The van der Waals surface area contributed by atoms with Gasteiger partial charge in [0.1, 0.15) is 6.61 Å². The van der Waals surface area contributed by atoms with Gasteiger partial charge in [-0.3, -0.25) is 15.3 Å². The van der Waals surface area contributed by atoms with Crippen LogP contribution in [0, 0.1) is 0 Å². The Hall–Kier alpha value is -2.10. The number of hydrogen-bond donors (Lipinski definition) is 5. The minimum atomic E-state index is -1.73. The Balaban J connectivity index is 2.05. The Labute approximate surface area is 106 Å². The number of anilines is 1. The van der Waals surface area contributed by atoms with Crippen LogP contribution in [-0.4, -0.2) is 42.3 Å². The molecule has 0 amide bonds. The van der Waals surface area contributed by atoms with Crippen LogP contribution in [0.2, 0.25) is 0 Å². The van der Waals surface area contributed by atoms with Crippen molar-refractivity contribution in [1.82, 2.24) is 9.55 Å². The first kappa shape index (κ1) is 12.0. The number of rotatable bonds is 3. The Morgan fingerprint density at radius 3 is 2.84 bits per heavy atom. The maximum absolute atomic E-state index is 11.8. The van der Waals surface area contributed by atoms with Crippen LogP contribution >= 0.6 is 0 Å². The molecule has 1 aromatic heterocycles. The topological polar surface area (TPSA) is 137 Å². The van der Waals surface area contributed by atoms with Gasteiger partial charge in [-0.15, -0.1) is 0 Å². The van der Waals surface area contributed by atoms with Crippen LogP contribution in [0.4, 0.5) is 5.82 Å². The number of nitrogens with zero attached hydrogens (tertiary/aromatic N) is 2. The van der Waals surface area contributed by atoms with E-state index in [1.165, 1.54) is 12.3 Å². The second-order valence-corrected chi connectivity index (χ2v) is 4.43. The van der Waals surface area contributed by atoms with Crippen molar-refractivity contribution < 1.29 is 25.3 Å². The molecule has 5 N–H and O–H groups in total. The smallest absolute Gasteiger partial charge is 0.352 e. The van der Waals surface area contributed by atoms with Gasteiger partial charge in [0.15, 0.2) is 22.9 Å². The van der Waals surface area contributed by atoms with Crippen molar-refractivity contribution >= 4 is 5.82 Å². The summed E-state index contributed by atoms with van der Waals surface area (Å²) in [5.41, 5.74) is -2.26. The Bertz CT molecular complexity index is 640. The van der Waals surface area contributed by atoms with Gasteiger partial charge in [-0.05, 0) is 6.07 Å². The van der Waals surface area contributed by atoms with Crippen molar-refractivity contribution in [1.29, 1.82) is 0 Å². The van der Waals surface area contributed by atoms with E-state index in [1.807, 2.05) is 0 Å². The summed E-state index contributed by atoms with van der Waals surface area (Å²) >= 11 is 0. The summed E-state index contributed by atoms with van der Waals surface area (Å²) in [6.45, 7) is -0.589. The molecule has 1 saturated carbocycles. The second kappa shape index (κ2) is 3.47. The van der Waals surface area contributed by atoms with E-state index in [1.54, 1.807) is 5.48 Å². The third-order valence-corrected chi connectivity index (χ3v) is 3.42. The monoisotopic (exact) mass is 269 g/mol. The SMILES string of the molecule is O=c1nc(NO)ccn1[C@@]12CC1(O)C(O)=C(CO)O2. The fourth-order valence-electron chi connectivity index (χ4n) is 2.36. The molecule has 1 aliphatic heterocycles. The fourth-order valence-corrected chi connectivity index (χ4v) is 2.36. The summed E-state index contributed by atoms with van der Waals surface area (Å²) in [6.07, 6.45) is 1.24. The lowest BCUT2D eigenvalue weighted by Gasteiger charge is -2.18. The molecule has 1 fully saturated rings. The molecule has 9 nitrogen and oxygen atoms in total. The molecule has 2 aliphatic rings. The van der Waals surface area contributed by atoms with E-state index in [0.717, 1.165) is 4.57 Å². The van der Waals surface area contributed by atoms with Gasteiger partial charge in [0.2, 0.25) is 5.72 Å². The average molecular weight is 269 g/mol. The molecule has 0 saturated heterocycles. The molecular weight excluding hydrogens is 258 g/mol. The molecule has 1 unspecified atom stereocenters. The molecule has 2 atom stereocenters. The Morgan fingerprint density at radius 2 is 2.32 bits per heavy atom. The molecule has 19 heavy (non-hydrogen) atoms. The molecule has 9 heteroatoms. The first-order valence-electron chi connectivity index (χ1n) is 5.43. The summed E-state index contributed by atoms with van der Waals surface area (Å²) < 4.78 is 6.30. The number of aliphatic hydroxyl groups excluding tert-OH is 2. The molecule has 1 aliphatic carbocycles. The average Bonchev–Trinajstić information content (AvgIpc) is 2.95. The van der Waals surface area contributed by atoms with Crippen molar-refractivity contribution in [3.05, 3.63) is 34.3 Å². The number of nitrogens with one attached hydrogen (secondary N) is 1. The van der Waals surface area contributed by atoms with Crippen LogP contribution in [-0.2, 0) is 10.5 Å². The molecule has 0 radical (unpaired) electrons. The quantitative estimate of drug-likeness (QED) is 0.423. The van der Waals surface area contributed by atoms with E-state index in [2.05, 4.69) is 4.98 Å². The van der Waals surface area contributed by atoms with Crippen LogP contribution in [0.15, 0.2) is 28.6 Å². The van der Waals surface area contributed by atoms with Crippen molar-refractivity contribution in [2.45, 2.75) is 17.7 Å². The Kier molecular flexibility index (Phi) is 2.18. The lowest BCUT2D eigenvalue weighted by Crippen LogP contribution is -2.38. The van der Waals surface area contributed by atoms with Gasteiger partial charge in [-0.1, -0.05) is 0 Å². The molecule has 0 aromatic carbocycles. The summed E-state index contributed by atoms with van der Waals surface area (Å²) in [5.74, 6) is -0.712. The summed E-state index contributed by atoms with van der Waals surface area (Å²) in [6, 6.07) is 1.30. The maximum atomic E-state index is 11.8. The molecule has 1 aromatic rings. The van der Waals surface area contributed by atoms with Gasteiger partial charge in [0.25, 0.3) is 0 Å². The molecule has 102 valence electrons. The van der Waals surface area contributed by atoms with Gasteiger partial charge in [-0.2, -0.15) is 4.98 Å². The number of aromatic nitrogens is 2. The van der Waals surface area contributed by atoms with E-state index >= 15 is 0 Å². The van der Waals surface area contributed by atoms with Crippen molar-refractivity contribution in [2.24, 2.45) is 0 Å². The summed E-state index contributed by atoms with van der Waals surface area (Å²) in [7, 11) is 0. The number of hydrogen-bond acceptors (Lipinski definition) is 8. The highest BCUT2D eigenvalue weighted by Gasteiger charge is 2.79. The van der Waals surface area contributed by atoms with Crippen molar-refractivity contribution in [3.8, 4) is 0 Å². The van der Waals surface area contributed by atoms with Crippen molar-refractivity contribution in [2.75, 3.05) is 12.1 Å². The molecule has 2 heterocycles. The van der Waals surface area contributed by atoms with Crippen LogP contribution in [0.5, 0.6) is 0 Å². The Morgan fingerprint density at radius 1 is 1.58 bits per heavy atom. The lowest BCUT2D eigenvalue weighted by atomic mass is 10.2. The first-order chi connectivity index (χ1) is 8.98. The van der Waals surface area contributed by atoms with Gasteiger partial charge in [-0.25, -0.2) is 4.79 Å². The zero-order chi connectivity index (χ0) is 13.8. The fraction of sp³-hybridized carbons (Fsp3) is 0.400. The molecule has 0 bridgehead atoms. The van der Waals surface area contributed by atoms with Crippen LogP contribution in [0.25, 0.3) is 0 Å². The highest BCUT2D eigenvalue weighted by atomic mass is 16.6. The maximum Gasteiger partial charge on any atom is 0.352 e. The van der Waals surface area contributed by atoms with E-state index < -0.39 is 29.4 Å². The minimum absolute atomic E-state index is 0.0250. The predicted octanol–water partition coefficient (Wildman–Crippen LogP) is -1.38. The van der Waals surface area contributed by atoms with Gasteiger partial charge < -0.3 is 20.1 Å². The van der Waals surface area contributed by atoms with Gasteiger partial charge in [0.05, 0.1) is 6.42 Å². The molecule has 0 spiro atoms. The van der Waals surface area contributed by atoms with Crippen LogP contribution < -0.4 is 11.2 Å². The summed E-state index contributed by atoms with van der Waals surface area (Å²) in [5, 5.41) is 37.6. The number of fused-ring (bicyclic) bond motifs is 1. The highest BCUT2D eigenvalue weighted by molar-refractivity contribution is 5.38. The largest absolute Gasteiger partial charge is 0.506 e. The zero-order valence-corrected chi connectivity index (χ0v) is 9.57. The van der Waals surface area contributed by atoms with E-state index in [-0.39, 0.29) is 18.0 Å². The van der Waals surface area contributed by atoms with Gasteiger partial charge in [0, 0.05) is 6.20 Å². The number of ether oxygens (including phenoxy) is 1. The highest BCUT2D eigenvalue weighted by Crippen LogP contribution is 2.63. The van der Waals surface area contributed by atoms with Crippen LogP contribution in [0.3, 0.4) is 0 Å². The number of aliphatic hydroxyl groups is 3. The first-order valence-corrected chi connectivity index (χ1v) is 5.43. The normalized spacial score (nSPS) is 31.9.